The molecule has 0 atom stereocenters. The SMILES string of the molecule is O=C(CSCc1ccc([N+](=O)[O-])cc1)Nc1cccc(-c2nc3ccccc3o2)c1. The molecule has 0 radical (unpaired) electrons. The number of rotatable bonds is 7. The number of thioether (sulfide) groups is 1. The third kappa shape index (κ3) is 4.66. The van der Waals surface area contributed by atoms with Gasteiger partial charge in [0.15, 0.2) is 5.58 Å². The number of carbonyl (C=O) groups is 1. The van der Waals surface area contributed by atoms with E-state index >= 15 is 0 Å². The van der Waals surface area contributed by atoms with Gasteiger partial charge in [-0.2, -0.15) is 0 Å². The number of hydrogen-bond donors (Lipinski definition) is 1. The van der Waals surface area contributed by atoms with Crippen molar-refractivity contribution < 1.29 is 14.1 Å². The lowest BCUT2D eigenvalue weighted by Gasteiger charge is -2.06. The number of aromatic nitrogens is 1. The molecule has 0 aliphatic carbocycles. The van der Waals surface area contributed by atoms with Crippen LogP contribution in [0.5, 0.6) is 0 Å². The Morgan fingerprint density at radius 2 is 1.87 bits per heavy atom. The molecule has 0 spiro atoms. The molecular weight excluding hydrogens is 402 g/mol. The van der Waals surface area contributed by atoms with E-state index in [1.54, 1.807) is 12.1 Å². The smallest absolute Gasteiger partial charge is 0.269 e. The molecule has 0 saturated heterocycles. The van der Waals surface area contributed by atoms with Crippen molar-refractivity contribution in [3.8, 4) is 11.5 Å². The van der Waals surface area contributed by atoms with Crippen molar-refractivity contribution >= 4 is 40.1 Å². The summed E-state index contributed by atoms with van der Waals surface area (Å²) in [5, 5.41) is 13.6. The summed E-state index contributed by atoms with van der Waals surface area (Å²) in [6, 6.07) is 21.2. The Kier molecular flexibility index (Phi) is 5.76. The first-order valence-electron chi connectivity index (χ1n) is 9.15. The Balaban J connectivity index is 1.34. The summed E-state index contributed by atoms with van der Waals surface area (Å²) in [4.78, 5) is 27.0. The number of para-hydroxylation sites is 2. The van der Waals surface area contributed by atoms with Crippen molar-refractivity contribution in [1.29, 1.82) is 0 Å². The van der Waals surface area contributed by atoms with Gasteiger partial charge >= 0.3 is 0 Å². The van der Waals surface area contributed by atoms with Crippen molar-refractivity contribution in [3.63, 3.8) is 0 Å². The third-order valence-electron chi connectivity index (χ3n) is 4.34. The van der Waals surface area contributed by atoms with Crippen LogP contribution in [0.4, 0.5) is 11.4 Å². The number of benzene rings is 3. The highest BCUT2D eigenvalue weighted by Gasteiger charge is 2.10. The molecule has 0 saturated carbocycles. The van der Waals surface area contributed by atoms with Crippen LogP contribution < -0.4 is 5.32 Å². The first-order valence-corrected chi connectivity index (χ1v) is 10.3. The predicted molar refractivity (Wildman–Crippen MR) is 117 cm³/mol. The van der Waals surface area contributed by atoms with E-state index in [1.807, 2.05) is 48.5 Å². The van der Waals surface area contributed by atoms with Crippen LogP contribution in [-0.2, 0) is 10.5 Å². The van der Waals surface area contributed by atoms with Gasteiger partial charge in [-0.05, 0) is 35.9 Å². The van der Waals surface area contributed by atoms with Gasteiger partial charge in [-0.3, -0.25) is 14.9 Å². The Morgan fingerprint density at radius 1 is 1.07 bits per heavy atom. The summed E-state index contributed by atoms with van der Waals surface area (Å²) >= 11 is 1.44. The first kappa shape index (κ1) is 19.7. The third-order valence-corrected chi connectivity index (χ3v) is 5.34. The number of nitrogens with one attached hydrogen (secondary N) is 1. The number of fused-ring (bicyclic) bond motifs is 1. The Hall–Kier alpha value is -3.65. The average molecular weight is 419 g/mol. The van der Waals surface area contributed by atoms with Gasteiger partial charge in [0.1, 0.15) is 5.52 Å². The topological polar surface area (TPSA) is 98.3 Å². The van der Waals surface area contributed by atoms with Gasteiger partial charge in [-0.25, -0.2) is 4.98 Å². The number of nitro benzene ring substituents is 1. The molecule has 1 amide bonds. The zero-order valence-corrected chi connectivity index (χ0v) is 16.6. The summed E-state index contributed by atoms with van der Waals surface area (Å²) in [7, 11) is 0. The molecule has 4 aromatic rings. The van der Waals surface area contributed by atoms with Crippen molar-refractivity contribution in [2.45, 2.75) is 5.75 Å². The Morgan fingerprint density at radius 3 is 2.63 bits per heavy atom. The minimum Gasteiger partial charge on any atom is -0.436 e. The lowest BCUT2D eigenvalue weighted by Crippen LogP contribution is -2.14. The molecule has 30 heavy (non-hydrogen) atoms. The lowest BCUT2D eigenvalue weighted by molar-refractivity contribution is -0.384. The van der Waals surface area contributed by atoms with Crippen LogP contribution in [0.3, 0.4) is 0 Å². The molecule has 4 rings (SSSR count). The van der Waals surface area contributed by atoms with Crippen LogP contribution >= 0.6 is 11.8 Å². The highest BCUT2D eigenvalue weighted by atomic mass is 32.2. The number of anilines is 1. The van der Waals surface area contributed by atoms with E-state index < -0.39 is 4.92 Å². The number of hydrogen-bond acceptors (Lipinski definition) is 6. The van der Waals surface area contributed by atoms with Crippen LogP contribution in [0.2, 0.25) is 0 Å². The molecule has 3 aromatic carbocycles. The summed E-state index contributed by atoms with van der Waals surface area (Å²) in [6.07, 6.45) is 0. The van der Waals surface area contributed by atoms with E-state index in [0.717, 1.165) is 16.6 Å². The minimum atomic E-state index is -0.431. The largest absolute Gasteiger partial charge is 0.436 e. The number of oxazole rings is 1. The van der Waals surface area contributed by atoms with E-state index in [9.17, 15) is 14.9 Å². The number of carbonyl (C=O) groups excluding carboxylic acids is 1. The minimum absolute atomic E-state index is 0.0558. The Labute approximate surface area is 176 Å². The summed E-state index contributed by atoms with van der Waals surface area (Å²) in [5.74, 6) is 1.23. The summed E-state index contributed by atoms with van der Waals surface area (Å²) in [5.41, 5.74) is 3.92. The fourth-order valence-corrected chi connectivity index (χ4v) is 3.69. The van der Waals surface area contributed by atoms with Gasteiger partial charge < -0.3 is 9.73 Å². The van der Waals surface area contributed by atoms with Crippen molar-refractivity contribution in [2.75, 3.05) is 11.1 Å². The second kappa shape index (κ2) is 8.79. The van der Waals surface area contributed by atoms with Crippen LogP contribution in [0.25, 0.3) is 22.6 Å². The zero-order valence-electron chi connectivity index (χ0n) is 15.8. The van der Waals surface area contributed by atoms with Crippen molar-refractivity contribution in [1.82, 2.24) is 4.98 Å². The van der Waals surface area contributed by atoms with E-state index in [2.05, 4.69) is 10.3 Å². The van der Waals surface area contributed by atoms with E-state index in [1.165, 1.54) is 23.9 Å². The molecule has 0 unspecified atom stereocenters. The first-order chi connectivity index (χ1) is 14.6. The molecule has 0 bridgehead atoms. The maximum Gasteiger partial charge on any atom is 0.269 e. The highest BCUT2D eigenvalue weighted by molar-refractivity contribution is 7.99. The Bertz CT molecular complexity index is 1170. The van der Waals surface area contributed by atoms with Gasteiger partial charge in [-0.15, -0.1) is 11.8 Å². The average Bonchev–Trinajstić information content (AvgIpc) is 3.19. The van der Waals surface area contributed by atoms with Crippen LogP contribution in [0, 0.1) is 10.1 Å². The molecule has 1 heterocycles. The molecule has 1 aromatic heterocycles. The van der Waals surface area contributed by atoms with Gasteiger partial charge in [0.25, 0.3) is 5.69 Å². The second-order valence-corrected chi connectivity index (χ2v) is 7.52. The normalized spacial score (nSPS) is 10.8. The summed E-state index contributed by atoms with van der Waals surface area (Å²) < 4.78 is 5.78. The monoisotopic (exact) mass is 419 g/mol. The molecule has 8 heteroatoms. The van der Waals surface area contributed by atoms with Gasteiger partial charge in [0, 0.05) is 29.1 Å². The fraction of sp³-hybridized carbons (Fsp3) is 0.0909. The predicted octanol–water partition coefficient (Wildman–Crippen LogP) is 5.27. The lowest BCUT2D eigenvalue weighted by atomic mass is 10.2. The van der Waals surface area contributed by atoms with E-state index in [0.29, 0.717) is 22.9 Å². The molecule has 0 fully saturated rings. The molecular formula is C22H17N3O4S. The zero-order chi connectivity index (χ0) is 20.9. The molecule has 150 valence electrons. The maximum atomic E-state index is 12.3. The molecule has 1 N–H and O–H groups in total. The van der Waals surface area contributed by atoms with Gasteiger partial charge in [0.05, 0.1) is 10.7 Å². The van der Waals surface area contributed by atoms with Crippen molar-refractivity contribution in [2.24, 2.45) is 0 Å². The van der Waals surface area contributed by atoms with Crippen molar-refractivity contribution in [3.05, 3.63) is 88.5 Å². The van der Waals surface area contributed by atoms with Crippen LogP contribution in [0.1, 0.15) is 5.56 Å². The quantitative estimate of drug-likeness (QED) is 0.323. The maximum absolute atomic E-state index is 12.3. The van der Waals surface area contributed by atoms with E-state index in [-0.39, 0.29) is 17.3 Å². The number of amides is 1. The fourth-order valence-electron chi connectivity index (χ4n) is 2.90. The molecule has 7 nitrogen and oxygen atoms in total. The van der Waals surface area contributed by atoms with Crippen LogP contribution in [0.15, 0.2) is 77.2 Å². The number of non-ortho nitro benzene ring substituents is 1. The highest BCUT2D eigenvalue weighted by Crippen LogP contribution is 2.26. The number of nitro groups is 1. The standard InChI is InChI=1S/C22H17N3O4S/c26-21(14-30-13-15-8-10-18(11-9-15)25(27)28)23-17-5-3-4-16(12-17)22-24-19-6-1-2-7-20(19)29-22/h1-12H,13-14H2,(H,23,26). The second-order valence-electron chi connectivity index (χ2n) is 6.53. The van der Waals surface area contributed by atoms with E-state index in [4.69, 9.17) is 4.42 Å². The molecule has 0 aliphatic rings. The number of nitrogens with zero attached hydrogens (tertiary/aromatic N) is 2. The van der Waals surface area contributed by atoms with Gasteiger partial charge in [0.2, 0.25) is 11.8 Å². The van der Waals surface area contributed by atoms with Crippen LogP contribution in [-0.4, -0.2) is 21.6 Å². The summed E-state index contributed by atoms with van der Waals surface area (Å²) in [6.45, 7) is 0. The molecule has 0 aliphatic heterocycles. The van der Waals surface area contributed by atoms with Gasteiger partial charge in [-0.1, -0.05) is 30.3 Å².